The van der Waals surface area contributed by atoms with Gasteiger partial charge in [0, 0.05) is 18.5 Å². The number of aromatic nitrogens is 1. The van der Waals surface area contributed by atoms with E-state index in [0.29, 0.717) is 5.69 Å². The second-order valence-electron chi connectivity index (χ2n) is 3.05. The molecule has 0 fully saturated rings. The number of rotatable bonds is 4. The fourth-order valence-corrected chi connectivity index (χ4v) is 1.55. The van der Waals surface area contributed by atoms with Crippen molar-refractivity contribution < 1.29 is 18.3 Å². The van der Waals surface area contributed by atoms with E-state index in [4.69, 9.17) is 5.11 Å². The van der Waals surface area contributed by atoms with Gasteiger partial charge in [0.2, 0.25) is 0 Å². The molecule has 1 unspecified atom stereocenters. The first-order valence-electron chi connectivity index (χ1n) is 4.26. The SMILES string of the molecule is Cc1nc(CNCC(O)C(F)(F)F)cs1. The number of aliphatic hydroxyl groups is 1. The van der Waals surface area contributed by atoms with Gasteiger partial charge in [0.25, 0.3) is 0 Å². The van der Waals surface area contributed by atoms with Crippen LogP contribution in [0.15, 0.2) is 5.38 Å². The van der Waals surface area contributed by atoms with Crippen molar-refractivity contribution in [2.24, 2.45) is 0 Å². The standard InChI is InChI=1S/C8H11F3N2OS/c1-5-13-6(4-15-5)2-12-3-7(14)8(9,10)11/h4,7,12,14H,2-3H2,1H3. The minimum absolute atomic E-state index is 0.234. The molecule has 7 heteroatoms. The molecular formula is C8H11F3N2OS. The van der Waals surface area contributed by atoms with Gasteiger partial charge >= 0.3 is 6.18 Å². The van der Waals surface area contributed by atoms with Crippen LogP contribution in [0, 0.1) is 6.92 Å². The summed E-state index contributed by atoms with van der Waals surface area (Å²) in [6, 6.07) is 0. The molecule has 1 aromatic rings. The Hall–Kier alpha value is -0.660. The lowest BCUT2D eigenvalue weighted by Gasteiger charge is -2.14. The van der Waals surface area contributed by atoms with Gasteiger partial charge in [-0.05, 0) is 6.92 Å². The molecule has 1 atom stereocenters. The summed E-state index contributed by atoms with van der Waals surface area (Å²) in [5.41, 5.74) is 0.687. The maximum Gasteiger partial charge on any atom is 0.415 e. The molecule has 1 rings (SSSR count). The van der Waals surface area contributed by atoms with Crippen LogP contribution < -0.4 is 5.32 Å². The Morgan fingerprint density at radius 2 is 2.27 bits per heavy atom. The van der Waals surface area contributed by atoms with Crippen molar-refractivity contribution in [1.29, 1.82) is 0 Å². The van der Waals surface area contributed by atoms with Gasteiger partial charge < -0.3 is 10.4 Å². The third kappa shape index (κ3) is 4.15. The molecule has 0 bridgehead atoms. The van der Waals surface area contributed by atoms with Gasteiger partial charge in [-0.1, -0.05) is 0 Å². The Labute approximate surface area is 89.0 Å². The molecule has 0 spiro atoms. The minimum Gasteiger partial charge on any atom is -0.382 e. The summed E-state index contributed by atoms with van der Waals surface area (Å²) < 4.78 is 35.6. The fourth-order valence-electron chi connectivity index (χ4n) is 0.942. The topological polar surface area (TPSA) is 45.2 Å². The first-order chi connectivity index (χ1) is 6.89. The molecular weight excluding hydrogens is 229 g/mol. The van der Waals surface area contributed by atoms with Gasteiger partial charge in [0.15, 0.2) is 6.10 Å². The summed E-state index contributed by atoms with van der Waals surface area (Å²) in [6.07, 6.45) is -6.89. The molecule has 0 radical (unpaired) electrons. The van der Waals surface area contributed by atoms with E-state index >= 15 is 0 Å². The van der Waals surface area contributed by atoms with Gasteiger partial charge in [-0.25, -0.2) is 4.98 Å². The number of aryl methyl sites for hydroxylation is 1. The lowest BCUT2D eigenvalue weighted by molar-refractivity contribution is -0.201. The van der Waals surface area contributed by atoms with E-state index in [2.05, 4.69) is 10.3 Å². The van der Waals surface area contributed by atoms with Crippen LogP contribution in [-0.4, -0.2) is 28.9 Å². The maximum absolute atomic E-state index is 11.9. The third-order valence-electron chi connectivity index (χ3n) is 1.69. The van der Waals surface area contributed by atoms with Gasteiger partial charge in [-0.3, -0.25) is 0 Å². The highest BCUT2D eigenvalue weighted by molar-refractivity contribution is 7.09. The van der Waals surface area contributed by atoms with E-state index in [1.807, 2.05) is 6.92 Å². The van der Waals surface area contributed by atoms with Gasteiger partial charge in [-0.15, -0.1) is 11.3 Å². The van der Waals surface area contributed by atoms with E-state index in [1.54, 1.807) is 5.38 Å². The van der Waals surface area contributed by atoms with E-state index < -0.39 is 18.8 Å². The monoisotopic (exact) mass is 240 g/mol. The van der Waals surface area contributed by atoms with Crippen molar-refractivity contribution in [3.8, 4) is 0 Å². The predicted molar refractivity (Wildman–Crippen MR) is 50.6 cm³/mol. The highest BCUT2D eigenvalue weighted by atomic mass is 32.1. The number of nitrogens with zero attached hydrogens (tertiary/aromatic N) is 1. The molecule has 1 aromatic heterocycles. The summed E-state index contributed by atoms with van der Waals surface area (Å²) in [4.78, 5) is 4.06. The van der Waals surface area contributed by atoms with E-state index in [0.717, 1.165) is 5.01 Å². The van der Waals surface area contributed by atoms with E-state index in [-0.39, 0.29) is 6.54 Å². The van der Waals surface area contributed by atoms with Crippen LogP contribution in [0.3, 0.4) is 0 Å². The summed E-state index contributed by atoms with van der Waals surface area (Å²) in [5, 5.41) is 13.8. The fraction of sp³-hybridized carbons (Fsp3) is 0.625. The average molecular weight is 240 g/mol. The Bertz CT molecular complexity index is 313. The smallest absolute Gasteiger partial charge is 0.382 e. The third-order valence-corrected chi connectivity index (χ3v) is 2.51. The second kappa shape index (κ2) is 4.91. The van der Waals surface area contributed by atoms with Crippen molar-refractivity contribution in [3.05, 3.63) is 16.1 Å². The van der Waals surface area contributed by atoms with Gasteiger partial charge in [0.1, 0.15) is 0 Å². The number of thiazole rings is 1. The average Bonchev–Trinajstić information content (AvgIpc) is 2.49. The Kier molecular flexibility index (Phi) is 4.06. The van der Waals surface area contributed by atoms with Crippen LogP contribution >= 0.6 is 11.3 Å². The van der Waals surface area contributed by atoms with Crippen LogP contribution in [-0.2, 0) is 6.54 Å². The molecule has 0 saturated carbocycles. The summed E-state index contributed by atoms with van der Waals surface area (Å²) >= 11 is 1.43. The van der Waals surface area contributed by atoms with Crippen molar-refractivity contribution in [2.75, 3.05) is 6.54 Å². The van der Waals surface area contributed by atoms with Crippen LogP contribution in [0.2, 0.25) is 0 Å². The van der Waals surface area contributed by atoms with E-state index in [1.165, 1.54) is 11.3 Å². The summed E-state index contributed by atoms with van der Waals surface area (Å²) in [6.45, 7) is 1.54. The molecule has 0 aliphatic heterocycles. The number of alkyl halides is 3. The molecule has 0 saturated heterocycles. The Morgan fingerprint density at radius 1 is 1.60 bits per heavy atom. The van der Waals surface area contributed by atoms with Crippen molar-refractivity contribution in [1.82, 2.24) is 10.3 Å². The Balaban J connectivity index is 2.28. The summed E-state index contributed by atoms with van der Waals surface area (Å²) in [7, 11) is 0. The predicted octanol–water partition coefficient (Wildman–Crippen LogP) is 1.46. The zero-order chi connectivity index (χ0) is 11.5. The molecule has 86 valence electrons. The van der Waals surface area contributed by atoms with Crippen molar-refractivity contribution in [3.63, 3.8) is 0 Å². The molecule has 3 nitrogen and oxygen atoms in total. The molecule has 15 heavy (non-hydrogen) atoms. The second-order valence-corrected chi connectivity index (χ2v) is 4.11. The van der Waals surface area contributed by atoms with Crippen LogP contribution in [0.4, 0.5) is 13.2 Å². The number of nitrogens with one attached hydrogen (secondary N) is 1. The first kappa shape index (κ1) is 12.4. The van der Waals surface area contributed by atoms with Gasteiger partial charge in [0.05, 0.1) is 10.7 Å². The number of aliphatic hydroxyl groups excluding tert-OH is 1. The molecule has 0 amide bonds. The lowest BCUT2D eigenvalue weighted by atomic mass is 10.3. The number of hydrogen-bond donors (Lipinski definition) is 2. The van der Waals surface area contributed by atoms with Crippen LogP contribution in [0.25, 0.3) is 0 Å². The molecule has 0 aliphatic carbocycles. The van der Waals surface area contributed by atoms with Crippen molar-refractivity contribution in [2.45, 2.75) is 25.7 Å². The quantitative estimate of drug-likeness (QED) is 0.837. The molecule has 1 heterocycles. The first-order valence-corrected chi connectivity index (χ1v) is 5.14. The van der Waals surface area contributed by atoms with E-state index in [9.17, 15) is 13.2 Å². The molecule has 0 aliphatic rings. The normalized spacial score (nSPS) is 14.2. The zero-order valence-electron chi connectivity index (χ0n) is 8.01. The minimum atomic E-state index is -4.56. The summed E-state index contributed by atoms with van der Waals surface area (Å²) in [5.74, 6) is 0. The van der Waals surface area contributed by atoms with Crippen molar-refractivity contribution >= 4 is 11.3 Å². The van der Waals surface area contributed by atoms with Crippen LogP contribution in [0.1, 0.15) is 10.7 Å². The molecule has 0 aromatic carbocycles. The highest BCUT2D eigenvalue weighted by Gasteiger charge is 2.37. The number of halogens is 3. The van der Waals surface area contributed by atoms with Gasteiger partial charge in [-0.2, -0.15) is 13.2 Å². The largest absolute Gasteiger partial charge is 0.415 e. The zero-order valence-corrected chi connectivity index (χ0v) is 8.82. The molecule has 2 N–H and O–H groups in total. The number of hydrogen-bond acceptors (Lipinski definition) is 4. The van der Waals surface area contributed by atoms with Crippen LogP contribution in [0.5, 0.6) is 0 Å². The maximum atomic E-state index is 11.9. The Morgan fingerprint density at radius 3 is 2.73 bits per heavy atom. The highest BCUT2D eigenvalue weighted by Crippen LogP contribution is 2.19. The lowest BCUT2D eigenvalue weighted by Crippen LogP contribution is -2.38.